The Morgan fingerprint density at radius 3 is 2.56 bits per heavy atom. The lowest BCUT2D eigenvalue weighted by Gasteiger charge is -2.36. The summed E-state index contributed by atoms with van der Waals surface area (Å²) < 4.78 is 0. The van der Waals surface area contributed by atoms with E-state index in [2.05, 4.69) is 5.32 Å². The van der Waals surface area contributed by atoms with Gasteiger partial charge in [0.2, 0.25) is 11.8 Å². The maximum atomic E-state index is 12.3. The zero-order valence-electron chi connectivity index (χ0n) is 10.6. The van der Waals surface area contributed by atoms with E-state index in [-0.39, 0.29) is 11.8 Å². The molecule has 2 rings (SSSR count). The Morgan fingerprint density at radius 2 is 1.89 bits per heavy atom. The molecule has 0 radical (unpaired) electrons. The van der Waals surface area contributed by atoms with Crippen LogP contribution < -0.4 is 10.2 Å². The number of nitrogens with zero attached hydrogens (tertiary/aromatic N) is 1. The van der Waals surface area contributed by atoms with Gasteiger partial charge in [0.15, 0.2) is 0 Å². The van der Waals surface area contributed by atoms with Crippen LogP contribution in [0.4, 0.5) is 5.69 Å². The lowest BCUT2D eigenvalue weighted by Crippen LogP contribution is -2.61. The number of para-hydroxylation sites is 1. The summed E-state index contributed by atoms with van der Waals surface area (Å²) in [5, 5.41) is 2.68. The molecule has 1 heterocycles. The number of carbonyl (C=O) groups is 2. The molecule has 5 heteroatoms. The zero-order chi connectivity index (χ0) is 13.3. The minimum atomic E-state index is -0.470. The van der Waals surface area contributed by atoms with Crippen molar-refractivity contribution in [2.24, 2.45) is 0 Å². The third-order valence-corrected chi connectivity index (χ3v) is 3.86. The molecule has 0 spiro atoms. The van der Waals surface area contributed by atoms with Crippen molar-refractivity contribution in [3.63, 3.8) is 0 Å². The van der Waals surface area contributed by atoms with E-state index in [1.54, 1.807) is 30.5 Å². The van der Waals surface area contributed by atoms with Crippen molar-refractivity contribution in [3.8, 4) is 0 Å². The Labute approximate surface area is 111 Å². The molecule has 0 aromatic heterocycles. The molecule has 1 fully saturated rings. The lowest BCUT2D eigenvalue weighted by atomic mass is 10.1. The second-order valence-corrected chi connectivity index (χ2v) is 5.13. The summed E-state index contributed by atoms with van der Waals surface area (Å²) in [6, 6.07) is 6.71. The highest BCUT2D eigenvalue weighted by Crippen LogP contribution is 2.31. The van der Waals surface area contributed by atoms with Gasteiger partial charge in [0, 0.05) is 4.90 Å². The summed E-state index contributed by atoms with van der Waals surface area (Å²) in [5.41, 5.74) is 0.809. The van der Waals surface area contributed by atoms with Gasteiger partial charge in [-0.15, -0.1) is 11.8 Å². The molecular weight excluding hydrogens is 248 g/mol. The maximum Gasteiger partial charge on any atom is 0.250 e. The molecular formula is C13H16N2O2S. The summed E-state index contributed by atoms with van der Waals surface area (Å²) in [5.74, 6) is -0.179. The van der Waals surface area contributed by atoms with E-state index in [0.717, 1.165) is 10.6 Å². The summed E-state index contributed by atoms with van der Waals surface area (Å²) in [4.78, 5) is 26.7. The van der Waals surface area contributed by atoms with Crippen molar-refractivity contribution >= 4 is 29.3 Å². The number of rotatable bonds is 2. The minimum Gasteiger partial charge on any atom is -0.343 e. The van der Waals surface area contributed by atoms with E-state index in [1.165, 1.54) is 0 Å². The fourth-order valence-corrected chi connectivity index (χ4v) is 2.66. The molecule has 1 aromatic rings. The van der Waals surface area contributed by atoms with Crippen molar-refractivity contribution in [3.05, 3.63) is 24.3 Å². The van der Waals surface area contributed by atoms with Gasteiger partial charge in [-0.3, -0.25) is 14.5 Å². The van der Waals surface area contributed by atoms with Crippen molar-refractivity contribution in [1.82, 2.24) is 5.32 Å². The standard InChI is InChI=1S/C13H16N2O2S/c1-8-13(17)15(9(2)12(16)14-8)10-6-4-5-7-11(10)18-3/h4-9H,1-3H3,(H,14,16). The molecule has 1 aliphatic heterocycles. The van der Waals surface area contributed by atoms with Gasteiger partial charge in [-0.25, -0.2) is 0 Å². The molecule has 0 saturated carbocycles. The van der Waals surface area contributed by atoms with Gasteiger partial charge in [0.25, 0.3) is 0 Å². The van der Waals surface area contributed by atoms with Gasteiger partial charge < -0.3 is 5.32 Å². The van der Waals surface area contributed by atoms with E-state index in [4.69, 9.17) is 0 Å². The number of nitrogens with one attached hydrogen (secondary N) is 1. The second-order valence-electron chi connectivity index (χ2n) is 4.29. The fraction of sp³-hybridized carbons (Fsp3) is 0.385. The molecule has 18 heavy (non-hydrogen) atoms. The van der Waals surface area contributed by atoms with Crippen LogP contribution in [0.3, 0.4) is 0 Å². The Hall–Kier alpha value is -1.49. The summed E-state index contributed by atoms with van der Waals surface area (Å²) >= 11 is 1.57. The van der Waals surface area contributed by atoms with E-state index in [9.17, 15) is 9.59 Å². The minimum absolute atomic E-state index is 0.0661. The van der Waals surface area contributed by atoms with E-state index >= 15 is 0 Å². The fourth-order valence-electron chi connectivity index (χ4n) is 2.07. The SMILES string of the molecule is CSc1ccccc1N1C(=O)C(C)NC(=O)C1C. The van der Waals surface area contributed by atoms with Crippen molar-refractivity contribution in [2.45, 2.75) is 30.8 Å². The quantitative estimate of drug-likeness (QED) is 0.826. The smallest absolute Gasteiger partial charge is 0.250 e. The highest BCUT2D eigenvalue weighted by molar-refractivity contribution is 7.98. The molecule has 2 amide bonds. The van der Waals surface area contributed by atoms with Gasteiger partial charge in [-0.2, -0.15) is 0 Å². The van der Waals surface area contributed by atoms with Gasteiger partial charge in [-0.1, -0.05) is 12.1 Å². The van der Waals surface area contributed by atoms with Crippen LogP contribution in [-0.4, -0.2) is 30.2 Å². The third-order valence-electron chi connectivity index (χ3n) is 3.08. The predicted octanol–water partition coefficient (Wildman–Crippen LogP) is 1.65. The molecule has 1 aromatic carbocycles. The third kappa shape index (κ3) is 2.10. The van der Waals surface area contributed by atoms with Crippen LogP contribution in [-0.2, 0) is 9.59 Å². The van der Waals surface area contributed by atoms with E-state index in [0.29, 0.717) is 0 Å². The number of benzene rings is 1. The van der Waals surface area contributed by atoms with Crippen LogP contribution in [0.25, 0.3) is 0 Å². The number of amides is 2. The van der Waals surface area contributed by atoms with Gasteiger partial charge >= 0.3 is 0 Å². The first-order valence-electron chi connectivity index (χ1n) is 5.82. The second kappa shape index (κ2) is 5.02. The number of hydrogen-bond donors (Lipinski definition) is 1. The van der Waals surface area contributed by atoms with Gasteiger partial charge in [0.05, 0.1) is 5.69 Å². The average Bonchev–Trinajstić information content (AvgIpc) is 2.37. The Balaban J connectivity index is 2.46. The van der Waals surface area contributed by atoms with Crippen LogP contribution in [0.2, 0.25) is 0 Å². The first-order valence-corrected chi connectivity index (χ1v) is 7.05. The topological polar surface area (TPSA) is 49.4 Å². The first kappa shape index (κ1) is 13.0. The van der Waals surface area contributed by atoms with E-state index < -0.39 is 12.1 Å². The average molecular weight is 264 g/mol. The largest absolute Gasteiger partial charge is 0.343 e. The number of piperazine rings is 1. The molecule has 0 aliphatic carbocycles. The van der Waals surface area contributed by atoms with E-state index in [1.807, 2.05) is 30.5 Å². The molecule has 1 N–H and O–H groups in total. The predicted molar refractivity (Wildman–Crippen MR) is 72.8 cm³/mol. The highest BCUT2D eigenvalue weighted by Gasteiger charge is 2.37. The van der Waals surface area contributed by atoms with Crippen LogP contribution >= 0.6 is 11.8 Å². The Morgan fingerprint density at radius 1 is 1.22 bits per heavy atom. The number of thioether (sulfide) groups is 1. The molecule has 1 saturated heterocycles. The molecule has 2 atom stereocenters. The highest BCUT2D eigenvalue weighted by atomic mass is 32.2. The van der Waals surface area contributed by atoms with Crippen LogP contribution in [0.15, 0.2) is 29.2 Å². The monoisotopic (exact) mass is 264 g/mol. The van der Waals surface area contributed by atoms with Gasteiger partial charge in [-0.05, 0) is 32.2 Å². The van der Waals surface area contributed by atoms with Crippen molar-refractivity contribution in [1.29, 1.82) is 0 Å². The molecule has 1 aliphatic rings. The normalized spacial score (nSPS) is 24.1. The zero-order valence-corrected chi connectivity index (χ0v) is 11.5. The molecule has 4 nitrogen and oxygen atoms in total. The summed E-state index contributed by atoms with van der Waals surface area (Å²) in [6.45, 7) is 3.46. The maximum absolute atomic E-state index is 12.3. The van der Waals surface area contributed by atoms with Crippen LogP contribution in [0.1, 0.15) is 13.8 Å². The Bertz CT molecular complexity index is 490. The van der Waals surface area contributed by atoms with Crippen LogP contribution in [0, 0.1) is 0 Å². The lowest BCUT2D eigenvalue weighted by molar-refractivity contribution is -0.133. The van der Waals surface area contributed by atoms with Crippen LogP contribution in [0.5, 0.6) is 0 Å². The number of hydrogen-bond acceptors (Lipinski definition) is 3. The van der Waals surface area contributed by atoms with Gasteiger partial charge in [0.1, 0.15) is 12.1 Å². The molecule has 0 bridgehead atoms. The number of anilines is 1. The molecule has 96 valence electrons. The number of carbonyl (C=O) groups excluding carboxylic acids is 2. The molecule has 2 unspecified atom stereocenters. The Kier molecular flexibility index (Phi) is 3.61. The summed E-state index contributed by atoms with van der Waals surface area (Å²) in [7, 11) is 0. The first-order chi connectivity index (χ1) is 8.56. The van der Waals surface area contributed by atoms with Crippen molar-refractivity contribution in [2.75, 3.05) is 11.2 Å². The van der Waals surface area contributed by atoms with Crippen molar-refractivity contribution < 1.29 is 9.59 Å². The summed E-state index contributed by atoms with van der Waals surface area (Å²) in [6.07, 6.45) is 1.96.